The molecule has 0 radical (unpaired) electrons. The number of aliphatic imine (C=N–C) groups is 1. The number of aromatic nitrogens is 1. The SMILES string of the molecule is C=Nc1ccc(/N=N/c2ncc(CC)s2)c(C)c1. The van der Waals surface area contributed by atoms with Crippen molar-refractivity contribution in [2.75, 3.05) is 0 Å². The maximum absolute atomic E-state index is 4.21. The average molecular weight is 258 g/mol. The van der Waals surface area contributed by atoms with Crippen LogP contribution in [-0.4, -0.2) is 11.7 Å². The molecular formula is C13H14N4S. The molecule has 0 atom stereocenters. The Morgan fingerprint density at radius 3 is 2.78 bits per heavy atom. The van der Waals surface area contributed by atoms with Gasteiger partial charge in [-0.3, -0.25) is 4.99 Å². The quantitative estimate of drug-likeness (QED) is 0.576. The van der Waals surface area contributed by atoms with E-state index in [1.807, 2.05) is 31.3 Å². The number of thiazole rings is 1. The van der Waals surface area contributed by atoms with Gasteiger partial charge in [0, 0.05) is 11.1 Å². The molecule has 0 unspecified atom stereocenters. The monoisotopic (exact) mass is 258 g/mol. The summed E-state index contributed by atoms with van der Waals surface area (Å²) in [5.74, 6) is 0. The first kappa shape index (κ1) is 12.6. The van der Waals surface area contributed by atoms with Crippen molar-refractivity contribution < 1.29 is 0 Å². The summed E-state index contributed by atoms with van der Waals surface area (Å²) in [4.78, 5) is 9.28. The normalized spacial score (nSPS) is 11.0. The van der Waals surface area contributed by atoms with Crippen LogP contribution in [0.5, 0.6) is 0 Å². The highest BCUT2D eigenvalue weighted by molar-refractivity contribution is 7.15. The number of nitrogens with zero attached hydrogens (tertiary/aromatic N) is 4. The maximum Gasteiger partial charge on any atom is 0.230 e. The Hall–Kier alpha value is -1.88. The molecule has 1 heterocycles. The van der Waals surface area contributed by atoms with Crippen LogP contribution in [0.3, 0.4) is 0 Å². The third-order valence-electron chi connectivity index (χ3n) is 2.50. The second-order valence-corrected chi connectivity index (χ2v) is 4.89. The molecule has 1 aromatic carbocycles. The van der Waals surface area contributed by atoms with Crippen LogP contribution in [0.15, 0.2) is 39.6 Å². The van der Waals surface area contributed by atoms with E-state index < -0.39 is 0 Å². The lowest BCUT2D eigenvalue weighted by Gasteiger charge is -1.99. The zero-order valence-electron chi connectivity index (χ0n) is 10.4. The van der Waals surface area contributed by atoms with Gasteiger partial charge in [0.1, 0.15) is 0 Å². The summed E-state index contributed by atoms with van der Waals surface area (Å²) >= 11 is 1.57. The van der Waals surface area contributed by atoms with Gasteiger partial charge in [0.2, 0.25) is 5.13 Å². The Morgan fingerprint density at radius 1 is 1.33 bits per heavy atom. The summed E-state index contributed by atoms with van der Waals surface area (Å²) in [6.07, 6.45) is 2.82. The second-order valence-electron chi connectivity index (χ2n) is 3.79. The van der Waals surface area contributed by atoms with Gasteiger partial charge in [0.05, 0.1) is 11.4 Å². The lowest BCUT2D eigenvalue weighted by Crippen LogP contribution is -1.73. The number of hydrogen-bond donors (Lipinski definition) is 0. The van der Waals surface area contributed by atoms with Crippen LogP contribution in [0.4, 0.5) is 16.5 Å². The summed E-state index contributed by atoms with van der Waals surface area (Å²) in [6, 6.07) is 5.69. The largest absolute Gasteiger partial charge is 0.265 e. The van der Waals surface area contributed by atoms with E-state index in [2.05, 4.69) is 33.8 Å². The van der Waals surface area contributed by atoms with Crippen LogP contribution in [0.1, 0.15) is 17.4 Å². The molecule has 92 valence electrons. The van der Waals surface area contributed by atoms with E-state index in [1.54, 1.807) is 11.3 Å². The highest BCUT2D eigenvalue weighted by atomic mass is 32.1. The Kier molecular flexibility index (Phi) is 3.94. The van der Waals surface area contributed by atoms with Gasteiger partial charge in [-0.15, -0.1) is 10.2 Å². The van der Waals surface area contributed by atoms with Crippen molar-refractivity contribution in [3.8, 4) is 0 Å². The fraction of sp³-hybridized carbons (Fsp3) is 0.231. The molecule has 0 fully saturated rings. The predicted molar refractivity (Wildman–Crippen MR) is 76.1 cm³/mol. The molecule has 0 aliphatic heterocycles. The van der Waals surface area contributed by atoms with Gasteiger partial charge in [-0.05, 0) is 43.8 Å². The standard InChI is InChI=1S/C13H14N4S/c1-4-11-8-15-13(18-11)17-16-12-6-5-10(14-3)7-9(12)2/h5-8H,3-4H2,1-2H3/b17-16+. The van der Waals surface area contributed by atoms with E-state index in [0.717, 1.165) is 23.4 Å². The van der Waals surface area contributed by atoms with Gasteiger partial charge < -0.3 is 0 Å². The molecule has 0 spiro atoms. The summed E-state index contributed by atoms with van der Waals surface area (Å²) in [7, 11) is 0. The number of azo groups is 1. The number of aryl methyl sites for hydroxylation is 2. The minimum Gasteiger partial charge on any atom is -0.265 e. The van der Waals surface area contributed by atoms with Crippen LogP contribution < -0.4 is 0 Å². The summed E-state index contributed by atoms with van der Waals surface area (Å²) < 4.78 is 0. The molecule has 0 N–H and O–H groups in total. The fourth-order valence-electron chi connectivity index (χ4n) is 1.45. The van der Waals surface area contributed by atoms with Crippen molar-refractivity contribution in [3.63, 3.8) is 0 Å². The number of rotatable bonds is 4. The van der Waals surface area contributed by atoms with Crippen LogP contribution in [0, 0.1) is 6.92 Å². The summed E-state index contributed by atoms with van der Waals surface area (Å²) in [6.45, 7) is 7.57. The minimum atomic E-state index is 0.692. The summed E-state index contributed by atoms with van der Waals surface area (Å²) in [5, 5.41) is 9.05. The fourth-order valence-corrected chi connectivity index (χ4v) is 2.13. The third kappa shape index (κ3) is 2.87. The van der Waals surface area contributed by atoms with E-state index in [9.17, 15) is 0 Å². The van der Waals surface area contributed by atoms with Crippen molar-refractivity contribution in [1.29, 1.82) is 0 Å². The van der Waals surface area contributed by atoms with Gasteiger partial charge in [-0.1, -0.05) is 18.3 Å². The van der Waals surface area contributed by atoms with Crippen molar-refractivity contribution in [3.05, 3.63) is 34.8 Å². The van der Waals surface area contributed by atoms with E-state index in [-0.39, 0.29) is 0 Å². The number of hydrogen-bond acceptors (Lipinski definition) is 5. The second kappa shape index (κ2) is 5.64. The van der Waals surface area contributed by atoms with Crippen molar-refractivity contribution in [2.45, 2.75) is 20.3 Å². The summed E-state index contributed by atoms with van der Waals surface area (Å²) in [5.41, 5.74) is 2.69. The highest BCUT2D eigenvalue weighted by Gasteiger charge is 2.00. The third-order valence-corrected chi connectivity index (χ3v) is 3.52. The molecule has 4 nitrogen and oxygen atoms in total. The van der Waals surface area contributed by atoms with Crippen molar-refractivity contribution in [1.82, 2.24) is 4.98 Å². The van der Waals surface area contributed by atoms with Gasteiger partial charge >= 0.3 is 0 Å². The Labute approximate surface area is 110 Å². The van der Waals surface area contributed by atoms with Gasteiger partial charge in [-0.2, -0.15) is 0 Å². The molecule has 18 heavy (non-hydrogen) atoms. The molecule has 0 saturated heterocycles. The molecule has 0 aliphatic carbocycles. The lowest BCUT2D eigenvalue weighted by molar-refractivity contribution is 1.15. The van der Waals surface area contributed by atoms with Crippen molar-refractivity contribution >= 4 is 34.6 Å². The average Bonchev–Trinajstić information content (AvgIpc) is 2.85. The Balaban J connectivity index is 2.20. The smallest absolute Gasteiger partial charge is 0.230 e. The van der Waals surface area contributed by atoms with Crippen molar-refractivity contribution in [2.24, 2.45) is 15.2 Å². The first-order chi connectivity index (χ1) is 8.72. The zero-order chi connectivity index (χ0) is 13.0. The lowest BCUT2D eigenvalue weighted by atomic mass is 10.2. The Bertz CT molecular complexity index is 586. The van der Waals surface area contributed by atoms with Gasteiger partial charge in [0.15, 0.2) is 0 Å². The van der Waals surface area contributed by atoms with Crippen LogP contribution in [0.2, 0.25) is 0 Å². The minimum absolute atomic E-state index is 0.692. The molecular weight excluding hydrogens is 244 g/mol. The molecule has 1 aromatic heterocycles. The van der Waals surface area contributed by atoms with E-state index >= 15 is 0 Å². The highest BCUT2D eigenvalue weighted by Crippen LogP contribution is 2.27. The van der Waals surface area contributed by atoms with E-state index in [4.69, 9.17) is 0 Å². The van der Waals surface area contributed by atoms with Gasteiger partial charge in [-0.25, -0.2) is 4.98 Å². The van der Waals surface area contributed by atoms with Crippen LogP contribution in [-0.2, 0) is 6.42 Å². The van der Waals surface area contributed by atoms with Crippen LogP contribution >= 0.6 is 11.3 Å². The Morgan fingerprint density at radius 2 is 2.17 bits per heavy atom. The molecule has 5 heteroatoms. The molecule has 2 rings (SSSR count). The first-order valence-corrected chi connectivity index (χ1v) is 6.48. The molecule has 0 aliphatic rings. The topological polar surface area (TPSA) is 50.0 Å². The van der Waals surface area contributed by atoms with Gasteiger partial charge in [0.25, 0.3) is 0 Å². The zero-order valence-corrected chi connectivity index (χ0v) is 11.2. The predicted octanol–water partition coefficient (Wildman–Crippen LogP) is 4.76. The molecule has 0 saturated carbocycles. The molecule has 0 bridgehead atoms. The van der Waals surface area contributed by atoms with Crippen LogP contribution in [0.25, 0.3) is 0 Å². The van der Waals surface area contributed by atoms with E-state index in [0.29, 0.717) is 5.13 Å². The maximum atomic E-state index is 4.21. The van der Waals surface area contributed by atoms with E-state index in [1.165, 1.54) is 4.88 Å². The number of benzene rings is 1. The molecule has 2 aromatic rings. The molecule has 0 amide bonds. The first-order valence-electron chi connectivity index (χ1n) is 5.66.